The minimum absolute atomic E-state index is 0.0574. The Morgan fingerprint density at radius 2 is 1.60 bits per heavy atom. The monoisotopic (exact) mass is 412 g/mol. The Labute approximate surface area is 180 Å². The average molecular weight is 413 g/mol. The third kappa shape index (κ3) is 5.22. The third-order valence-electron chi connectivity index (χ3n) is 7.02. The van der Waals surface area contributed by atoms with Gasteiger partial charge < -0.3 is 10.2 Å². The van der Waals surface area contributed by atoms with Crippen molar-refractivity contribution in [1.29, 1.82) is 0 Å². The van der Waals surface area contributed by atoms with E-state index < -0.39 is 0 Å². The second kappa shape index (κ2) is 9.92. The number of likely N-dealkylation sites (tertiary alicyclic amines) is 1. The minimum Gasteiger partial charge on any atom is -0.342 e. The number of benzene rings is 1. The van der Waals surface area contributed by atoms with E-state index in [0.29, 0.717) is 6.54 Å². The van der Waals surface area contributed by atoms with Gasteiger partial charge in [0, 0.05) is 45.0 Å². The highest BCUT2D eigenvalue weighted by molar-refractivity contribution is 5.94. The maximum atomic E-state index is 12.8. The van der Waals surface area contributed by atoms with Gasteiger partial charge in [0.25, 0.3) is 0 Å². The fourth-order valence-electron chi connectivity index (χ4n) is 4.98. The number of hydrogen-bond acceptors (Lipinski definition) is 4. The van der Waals surface area contributed by atoms with Gasteiger partial charge >= 0.3 is 0 Å². The fraction of sp³-hybridized carbons (Fsp3) is 0.667. The summed E-state index contributed by atoms with van der Waals surface area (Å²) in [5, 5.41) is 3.11. The molecule has 2 fully saturated rings. The summed E-state index contributed by atoms with van der Waals surface area (Å²) < 4.78 is 0. The normalized spacial score (nSPS) is 21.7. The van der Waals surface area contributed by atoms with E-state index in [1.54, 1.807) is 0 Å². The molecular weight excluding hydrogens is 376 g/mol. The van der Waals surface area contributed by atoms with Crippen LogP contribution in [0.3, 0.4) is 0 Å². The summed E-state index contributed by atoms with van der Waals surface area (Å²) in [5.41, 5.74) is 3.71. The highest BCUT2D eigenvalue weighted by Crippen LogP contribution is 2.25. The van der Waals surface area contributed by atoms with Gasteiger partial charge in [0.05, 0.1) is 12.6 Å². The van der Waals surface area contributed by atoms with E-state index in [0.717, 1.165) is 70.6 Å². The predicted octanol–water partition coefficient (Wildman–Crippen LogP) is 2.52. The van der Waals surface area contributed by atoms with Crippen LogP contribution in [0.2, 0.25) is 0 Å². The van der Waals surface area contributed by atoms with E-state index in [-0.39, 0.29) is 17.9 Å². The van der Waals surface area contributed by atoms with Crippen LogP contribution in [0.25, 0.3) is 0 Å². The van der Waals surface area contributed by atoms with Crippen molar-refractivity contribution in [3.63, 3.8) is 0 Å². The molecule has 2 saturated heterocycles. The lowest BCUT2D eigenvalue weighted by Gasteiger charge is -2.37. The van der Waals surface area contributed by atoms with Gasteiger partial charge in [-0.3, -0.25) is 19.4 Å². The first-order chi connectivity index (χ1) is 14.6. The molecule has 0 spiro atoms. The molecule has 1 atom stereocenters. The first-order valence-electron chi connectivity index (χ1n) is 11.8. The molecule has 1 aromatic carbocycles. The Kier molecular flexibility index (Phi) is 7.05. The van der Waals surface area contributed by atoms with Gasteiger partial charge in [0.1, 0.15) is 0 Å². The van der Waals surface area contributed by atoms with Crippen molar-refractivity contribution < 1.29 is 9.59 Å². The number of nitrogens with zero attached hydrogens (tertiary/aromatic N) is 3. The molecule has 0 aromatic heterocycles. The van der Waals surface area contributed by atoms with Gasteiger partial charge in [-0.2, -0.15) is 0 Å². The van der Waals surface area contributed by atoms with E-state index in [9.17, 15) is 9.59 Å². The van der Waals surface area contributed by atoms with Crippen LogP contribution >= 0.6 is 0 Å². The number of amides is 2. The topological polar surface area (TPSA) is 55.9 Å². The number of aryl methyl sites for hydroxylation is 2. The molecule has 1 aliphatic carbocycles. The Bertz CT molecular complexity index is 750. The summed E-state index contributed by atoms with van der Waals surface area (Å²) in [6.07, 6.45) is 8.25. The highest BCUT2D eigenvalue weighted by atomic mass is 16.2. The summed E-state index contributed by atoms with van der Waals surface area (Å²) in [4.78, 5) is 31.9. The molecule has 1 aromatic rings. The second-order valence-electron chi connectivity index (χ2n) is 9.11. The maximum Gasteiger partial charge on any atom is 0.241 e. The largest absolute Gasteiger partial charge is 0.342 e. The molecule has 6 heteroatoms. The van der Waals surface area contributed by atoms with Gasteiger partial charge in [0.15, 0.2) is 0 Å². The second-order valence-corrected chi connectivity index (χ2v) is 9.11. The van der Waals surface area contributed by atoms with E-state index in [1.807, 2.05) is 17.9 Å². The lowest BCUT2D eigenvalue weighted by molar-refractivity contribution is -0.133. The molecule has 0 saturated carbocycles. The molecule has 1 N–H and O–H groups in total. The molecule has 2 amide bonds. The molecule has 6 nitrogen and oxygen atoms in total. The molecule has 2 aliphatic heterocycles. The maximum absolute atomic E-state index is 12.8. The summed E-state index contributed by atoms with van der Waals surface area (Å²) in [7, 11) is 0. The molecule has 0 radical (unpaired) electrons. The van der Waals surface area contributed by atoms with Gasteiger partial charge in [-0.25, -0.2) is 0 Å². The molecule has 0 bridgehead atoms. The molecule has 2 heterocycles. The van der Waals surface area contributed by atoms with Crippen LogP contribution in [0.15, 0.2) is 18.2 Å². The van der Waals surface area contributed by atoms with Crippen LogP contribution in [-0.4, -0.2) is 78.4 Å². The molecular formula is C24H36N4O2. The average Bonchev–Trinajstić information content (AvgIpc) is 3.05. The molecule has 30 heavy (non-hydrogen) atoms. The van der Waals surface area contributed by atoms with Crippen molar-refractivity contribution in [1.82, 2.24) is 14.7 Å². The summed E-state index contributed by atoms with van der Waals surface area (Å²) in [6, 6.07) is 6.16. The number of piperazine rings is 1. The standard InChI is InChI=1S/C24H36N4O2/c1-19(24(30)25-22-10-9-20-7-6-8-21(20)17-22)27-15-13-26(14-16-27)18-23(29)28-11-4-2-3-5-12-28/h9-10,17,19H,2-8,11-16,18H2,1H3,(H,25,30)/t19-/m1/s1. The summed E-state index contributed by atoms with van der Waals surface area (Å²) in [5.74, 6) is 0.329. The lowest BCUT2D eigenvalue weighted by atomic mass is 10.1. The number of fused-ring (bicyclic) bond motifs is 1. The number of hydrogen-bond donors (Lipinski definition) is 1. The highest BCUT2D eigenvalue weighted by Gasteiger charge is 2.27. The van der Waals surface area contributed by atoms with Crippen molar-refractivity contribution in [2.75, 3.05) is 51.1 Å². The van der Waals surface area contributed by atoms with Crippen molar-refractivity contribution in [3.05, 3.63) is 29.3 Å². The van der Waals surface area contributed by atoms with Crippen LogP contribution < -0.4 is 5.32 Å². The molecule has 3 aliphatic rings. The SMILES string of the molecule is C[C@H](C(=O)Nc1ccc2c(c1)CCC2)N1CCN(CC(=O)N2CCCCCC2)CC1. The van der Waals surface area contributed by atoms with Crippen LogP contribution in [-0.2, 0) is 22.4 Å². The van der Waals surface area contributed by atoms with E-state index in [1.165, 1.54) is 30.4 Å². The number of carbonyl (C=O) groups is 2. The van der Waals surface area contributed by atoms with E-state index >= 15 is 0 Å². The van der Waals surface area contributed by atoms with Gasteiger partial charge in [-0.15, -0.1) is 0 Å². The molecule has 0 unspecified atom stereocenters. The van der Waals surface area contributed by atoms with Crippen molar-refractivity contribution in [2.24, 2.45) is 0 Å². The van der Waals surface area contributed by atoms with E-state index in [4.69, 9.17) is 0 Å². The van der Waals surface area contributed by atoms with Crippen molar-refractivity contribution in [2.45, 2.75) is 57.9 Å². The van der Waals surface area contributed by atoms with Crippen LogP contribution in [0, 0.1) is 0 Å². The van der Waals surface area contributed by atoms with Crippen LogP contribution in [0.5, 0.6) is 0 Å². The molecule has 164 valence electrons. The minimum atomic E-state index is -0.165. The summed E-state index contributed by atoms with van der Waals surface area (Å²) in [6.45, 7) is 7.67. The predicted molar refractivity (Wildman–Crippen MR) is 120 cm³/mol. The first-order valence-corrected chi connectivity index (χ1v) is 11.8. The van der Waals surface area contributed by atoms with Crippen LogP contribution in [0.1, 0.15) is 50.2 Å². The van der Waals surface area contributed by atoms with E-state index in [2.05, 4.69) is 27.2 Å². The molecule has 4 rings (SSSR count). The number of carbonyl (C=O) groups excluding carboxylic acids is 2. The lowest BCUT2D eigenvalue weighted by Crippen LogP contribution is -2.54. The Hall–Kier alpha value is -1.92. The Morgan fingerprint density at radius 3 is 2.33 bits per heavy atom. The fourth-order valence-corrected chi connectivity index (χ4v) is 4.98. The Morgan fingerprint density at radius 1 is 0.900 bits per heavy atom. The Balaban J connectivity index is 1.23. The van der Waals surface area contributed by atoms with Gasteiger partial charge in [0.2, 0.25) is 11.8 Å². The van der Waals surface area contributed by atoms with Crippen LogP contribution in [0.4, 0.5) is 5.69 Å². The number of nitrogens with one attached hydrogen (secondary N) is 1. The van der Waals surface area contributed by atoms with Gasteiger partial charge in [-0.1, -0.05) is 18.9 Å². The smallest absolute Gasteiger partial charge is 0.241 e. The third-order valence-corrected chi connectivity index (χ3v) is 7.02. The summed E-state index contributed by atoms with van der Waals surface area (Å²) >= 11 is 0. The zero-order valence-corrected chi connectivity index (χ0v) is 18.4. The first kappa shape index (κ1) is 21.3. The van der Waals surface area contributed by atoms with Crippen molar-refractivity contribution in [3.8, 4) is 0 Å². The van der Waals surface area contributed by atoms with Crippen molar-refractivity contribution >= 4 is 17.5 Å². The number of rotatable bonds is 5. The quantitative estimate of drug-likeness (QED) is 0.808. The zero-order chi connectivity index (χ0) is 20.9. The van der Waals surface area contributed by atoms with Gasteiger partial charge in [-0.05, 0) is 62.3 Å². The zero-order valence-electron chi connectivity index (χ0n) is 18.4. The number of anilines is 1.